The minimum atomic E-state index is -0.293. The van der Waals surface area contributed by atoms with Crippen LogP contribution in [0.3, 0.4) is 0 Å². The van der Waals surface area contributed by atoms with Gasteiger partial charge in [0.2, 0.25) is 0 Å². The molecule has 1 N–H and O–H groups in total. The minimum absolute atomic E-state index is 0.150. The van der Waals surface area contributed by atoms with Crippen molar-refractivity contribution in [2.45, 2.75) is 0 Å². The first-order chi connectivity index (χ1) is 11.1. The fourth-order valence-electron chi connectivity index (χ4n) is 2.41. The second-order valence-electron chi connectivity index (χ2n) is 5.24. The fraction of sp³-hybridized carbons (Fsp3) is 0.438. The lowest BCUT2D eigenvalue weighted by molar-refractivity contribution is 0.0885. The van der Waals surface area contributed by atoms with Crippen molar-refractivity contribution in [2.24, 2.45) is 0 Å². The Hall–Kier alpha value is -2.59. The SMILES string of the molecule is COC(=O)N1CCN(CCNC(=O)c2ccc(C#N)cc2)CC1. The van der Waals surface area contributed by atoms with Crippen molar-refractivity contribution < 1.29 is 14.3 Å². The van der Waals surface area contributed by atoms with E-state index in [0.29, 0.717) is 30.8 Å². The van der Waals surface area contributed by atoms with Gasteiger partial charge in [-0.25, -0.2) is 4.79 Å². The summed E-state index contributed by atoms with van der Waals surface area (Å²) in [7, 11) is 1.38. The summed E-state index contributed by atoms with van der Waals surface area (Å²) < 4.78 is 4.69. The van der Waals surface area contributed by atoms with Crippen molar-refractivity contribution in [1.82, 2.24) is 15.1 Å². The van der Waals surface area contributed by atoms with Gasteiger partial charge in [0.15, 0.2) is 0 Å². The monoisotopic (exact) mass is 316 g/mol. The molecule has 122 valence electrons. The molecule has 1 heterocycles. The van der Waals surface area contributed by atoms with Crippen molar-refractivity contribution in [3.63, 3.8) is 0 Å². The molecule has 1 aromatic carbocycles. The highest BCUT2D eigenvalue weighted by molar-refractivity contribution is 5.94. The van der Waals surface area contributed by atoms with Crippen LogP contribution in [0, 0.1) is 11.3 Å². The van der Waals surface area contributed by atoms with Crippen LogP contribution in [-0.2, 0) is 4.74 Å². The number of rotatable bonds is 4. The molecule has 1 fully saturated rings. The average molecular weight is 316 g/mol. The van der Waals surface area contributed by atoms with E-state index in [2.05, 4.69) is 10.2 Å². The summed E-state index contributed by atoms with van der Waals surface area (Å²) in [4.78, 5) is 27.2. The topological polar surface area (TPSA) is 85.7 Å². The third-order valence-electron chi connectivity index (χ3n) is 3.79. The van der Waals surface area contributed by atoms with E-state index in [-0.39, 0.29) is 12.0 Å². The van der Waals surface area contributed by atoms with E-state index in [0.717, 1.165) is 19.6 Å². The van der Waals surface area contributed by atoms with Gasteiger partial charge in [-0.3, -0.25) is 9.69 Å². The van der Waals surface area contributed by atoms with Crippen LogP contribution in [0.5, 0.6) is 0 Å². The number of carbonyl (C=O) groups excluding carboxylic acids is 2. The summed E-state index contributed by atoms with van der Waals surface area (Å²) >= 11 is 0. The highest BCUT2D eigenvalue weighted by Crippen LogP contribution is 2.04. The molecule has 1 aromatic rings. The highest BCUT2D eigenvalue weighted by atomic mass is 16.5. The number of methoxy groups -OCH3 is 1. The van der Waals surface area contributed by atoms with Crippen LogP contribution in [0.15, 0.2) is 24.3 Å². The predicted octanol–water partition coefficient (Wildman–Crippen LogP) is 0.672. The van der Waals surface area contributed by atoms with Crippen molar-refractivity contribution >= 4 is 12.0 Å². The van der Waals surface area contributed by atoms with E-state index >= 15 is 0 Å². The molecule has 7 nitrogen and oxygen atoms in total. The first kappa shape index (κ1) is 16.8. The molecule has 7 heteroatoms. The number of nitriles is 1. The van der Waals surface area contributed by atoms with Crippen molar-refractivity contribution in [2.75, 3.05) is 46.4 Å². The Bertz CT molecular complexity index is 586. The smallest absolute Gasteiger partial charge is 0.409 e. The number of piperazine rings is 1. The number of carbonyl (C=O) groups is 2. The molecular weight excluding hydrogens is 296 g/mol. The van der Waals surface area contributed by atoms with E-state index in [1.54, 1.807) is 29.2 Å². The van der Waals surface area contributed by atoms with Crippen LogP contribution in [0.4, 0.5) is 4.79 Å². The van der Waals surface area contributed by atoms with Gasteiger partial charge in [0.1, 0.15) is 0 Å². The maximum absolute atomic E-state index is 12.0. The maximum atomic E-state index is 12.0. The van der Waals surface area contributed by atoms with Crippen LogP contribution < -0.4 is 5.32 Å². The molecule has 1 aliphatic heterocycles. The second kappa shape index (κ2) is 8.15. The van der Waals surface area contributed by atoms with Gasteiger partial charge in [-0.05, 0) is 24.3 Å². The van der Waals surface area contributed by atoms with Crippen LogP contribution in [0.1, 0.15) is 15.9 Å². The summed E-state index contributed by atoms with van der Waals surface area (Å²) in [5.41, 5.74) is 1.07. The minimum Gasteiger partial charge on any atom is -0.453 e. The first-order valence-corrected chi connectivity index (χ1v) is 7.47. The molecule has 23 heavy (non-hydrogen) atoms. The van der Waals surface area contributed by atoms with Crippen LogP contribution in [0.2, 0.25) is 0 Å². The average Bonchev–Trinajstić information content (AvgIpc) is 2.61. The van der Waals surface area contributed by atoms with Gasteiger partial charge in [0.05, 0.1) is 18.7 Å². The fourth-order valence-corrected chi connectivity index (χ4v) is 2.41. The quantitative estimate of drug-likeness (QED) is 0.882. The Balaban J connectivity index is 1.70. The number of hydrogen-bond acceptors (Lipinski definition) is 5. The lowest BCUT2D eigenvalue weighted by atomic mass is 10.1. The van der Waals surface area contributed by atoms with E-state index in [1.165, 1.54) is 7.11 Å². The Labute approximate surface area is 135 Å². The zero-order valence-electron chi connectivity index (χ0n) is 13.1. The molecule has 0 saturated carbocycles. The molecule has 0 bridgehead atoms. The van der Waals surface area contributed by atoms with Gasteiger partial charge in [0.25, 0.3) is 5.91 Å². The number of benzene rings is 1. The number of amides is 2. The largest absolute Gasteiger partial charge is 0.453 e. The second-order valence-corrected chi connectivity index (χ2v) is 5.24. The summed E-state index contributed by atoms with van der Waals surface area (Å²) in [5, 5.41) is 11.6. The summed E-state index contributed by atoms with van der Waals surface area (Å²) in [6.07, 6.45) is -0.293. The highest BCUT2D eigenvalue weighted by Gasteiger charge is 2.21. The maximum Gasteiger partial charge on any atom is 0.409 e. The van der Waals surface area contributed by atoms with Gasteiger partial charge >= 0.3 is 6.09 Å². The number of nitrogens with one attached hydrogen (secondary N) is 1. The predicted molar refractivity (Wildman–Crippen MR) is 83.9 cm³/mol. The van der Waals surface area contributed by atoms with Gasteiger partial charge in [0, 0.05) is 44.8 Å². The van der Waals surface area contributed by atoms with Crippen molar-refractivity contribution in [3.8, 4) is 6.07 Å². The van der Waals surface area contributed by atoms with Crippen LogP contribution in [-0.4, -0.2) is 68.2 Å². The molecule has 0 spiro atoms. The van der Waals surface area contributed by atoms with E-state index in [9.17, 15) is 9.59 Å². The van der Waals surface area contributed by atoms with Crippen LogP contribution >= 0.6 is 0 Å². The number of ether oxygens (including phenoxy) is 1. The summed E-state index contributed by atoms with van der Waals surface area (Å²) in [6.45, 7) is 4.07. The first-order valence-electron chi connectivity index (χ1n) is 7.47. The van der Waals surface area contributed by atoms with Crippen molar-refractivity contribution in [1.29, 1.82) is 5.26 Å². The standard InChI is InChI=1S/C16H20N4O3/c1-23-16(22)20-10-8-19(9-11-20)7-6-18-15(21)14-4-2-13(12-17)3-5-14/h2-5H,6-11H2,1H3,(H,18,21). The zero-order valence-corrected chi connectivity index (χ0v) is 13.1. The molecule has 0 aliphatic carbocycles. The zero-order chi connectivity index (χ0) is 16.7. The van der Waals surface area contributed by atoms with Gasteiger partial charge < -0.3 is 15.0 Å². The molecule has 2 amide bonds. The van der Waals surface area contributed by atoms with E-state index in [1.807, 2.05) is 6.07 Å². The molecular formula is C16H20N4O3. The Kier molecular flexibility index (Phi) is 5.94. The molecule has 1 saturated heterocycles. The number of nitrogens with zero attached hydrogens (tertiary/aromatic N) is 3. The van der Waals surface area contributed by atoms with Gasteiger partial charge in [-0.1, -0.05) is 0 Å². The molecule has 1 aliphatic rings. The molecule has 0 atom stereocenters. The normalized spacial score (nSPS) is 14.9. The van der Waals surface area contributed by atoms with Crippen LogP contribution in [0.25, 0.3) is 0 Å². The molecule has 0 aromatic heterocycles. The lowest BCUT2D eigenvalue weighted by Crippen LogP contribution is -2.50. The lowest BCUT2D eigenvalue weighted by Gasteiger charge is -2.33. The number of hydrogen-bond donors (Lipinski definition) is 1. The Morgan fingerprint density at radius 2 is 1.87 bits per heavy atom. The molecule has 0 unspecified atom stereocenters. The van der Waals surface area contributed by atoms with E-state index in [4.69, 9.17) is 10.00 Å². The van der Waals surface area contributed by atoms with Gasteiger partial charge in [-0.2, -0.15) is 5.26 Å². The third kappa shape index (κ3) is 4.69. The van der Waals surface area contributed by atoms with Crippen molar-refractivity contribution in [3.05, 3.63) is 35.4 Å². The molecule has 2 rings (SSSR count). The van der Waals surface area contributed by atoms with Gasteiger partial charge in [-0.15, -0.1) is 0 Å². The third-order valence-corrected chi connectivity index (χ3v) is 3.79. The summed E-state index contributed by atoms with van der Waals surface area (Å²) in [6, 6.07) is 8.56. The summed E-state index contributed by atoms with van der Waals surface area (Å²) in [5.74, 6) is -0.150. The Morgan fingerprint density at radius 1 is 1.22 bits per heavy atom. The molecule has 0 radical (unpaired) electrons. The Morgan fingerprint density at radius 3 is 2.43 bits per heavy atom. The van der Waals surface area contributed by atoms with E-state index < -0.39 is 0 Å².